The van der Waals surface area contributed by atoms with Crippen LogP contribution in [0.1, 0.15) is 39.5 Å². The number of ketones is 1. The molecule has 1 atom stereocenters. The van der Waals surface area contributed by atoms with Crippen molar-refractivity contribution < 1.29 is 14.4 Å². The zero-order valence-corrected chi connectivity index (χ0v) is 14.6. The monoisotopic (exact) mass is 330 g/mol. The number of hydrogen-bond donors (Lipinski definition) is 0. The first-order valence-corrected chi connectivity index (χ1v) is 7.56. The van der Waals surface area contributed by atoms with Crippen molar-refractivity contribution in [2.75, 3.05) is 7.11 Å². The van der Waals surface area contributed by atoms with Crippen molar-refractivity contribution in [1.29, 1.82) is 0 Å². The molecule has 0 fully saturated rings. The summed E-state index contributed by atoms with van der Waals surface area (Å²) in [5, 5.41) is 7.93. The van der Waals surface area contributed by atoms with Crippen LogP contribution in [0.3, 0.4) is 0 Å². The maximum atomic E-state index is 12.7. The highest BCUT2D eigenvalue weighted by atomic mass is 16.6. The lowest BCUT2D eigenvalue weighted by atomic mass is 9.90. The number of carbonyl (C=O) groups is 1. The number of carbonyl (C=O) groups excluding carboxylic acids is 1. The van der Waals surface area contributed by atoms with Gasteiger partial charge in [-0.25, -0.2) is 9.67 Å². The van der Waals surface area contributed by atoms with Crippen LogP contribution in [0, 0.1) is 5.41 Å². The molecule has 0 amide bonds. The van der Waals surface area contributed by atoms with E-state index in [1.807, 2.05) is 39.8 Å². The molecule has 7 nitrogen and oxygen atoms in total. The molecular formula is C17H22N4O3. The first-order chi connectivity index (χ1) is 11.3. The van der Waals surface area contributed by atoms with Crippen LogP contribution in [0.15, 0.2) is 42.1 Å². The highest BCUT2D eigenvalue weighted by molar-refractivity contribution is 5.98. The van der Waals surface area contributed by atoms with E-state index in [1.54, 1.807) is 12.1 Å². The van der Waals surface area contributed by atoms with E-state index in [4.69, 9.17) is 9.57 Å². The van der Waals surface area contributed by atoms with E-state index in [0.29, 0.717) is 5.75 Å². The van der Waals surface area contributed by atoms with Crippen LogP contribution in [-0.2, 0) is 9.63 Å². The van der Waals surface area contributed by atoms with Gasteiger partial charge in [-0.1, -0.05) is 25.9 Å². The Labute approximate surface area is 141 Å². The maximum absolute atomic E-state index is 12.7. The predicted octanol–water partition coefficient (Wildman–Crippen LogP) is 2.84. The molecule has 0 bridgehead atoms. The molecule has 2 rings (SSSR count). The Kier molecular flexibility index (Phi) is 5.33. The molecule has 24 heavy (non-hydrogen) atoms. The van der Waals surface area contributed by atoms with Gasteiger partial charge in [0.25, 0.3) is 6.23 Å². The second kappa shape index (κ2) is 7.25. The Morgan fingerprint density at radius 1 is 1.25 bits per heavy atom. The summed E-state index contributed by atoms with van der Waals surface area (Å²) in [5.41, 5.74) is 1.09. The van der Waals surface area contributed by atoms with E-state index in [2.05, 4.69) is 15.2 Å². The summed E-state index contributed by atoms with van der Waals surface area (Å²) in [6.07, 6.45) is 1.98. The number of aromatic nitrogens is 3. The number of hydrogen-bond acceptors (Lipinski definition) is 6. The van der Waals surface area contributed by atoms with Crippen LogP contribution < -0.4 is 4.74 Å². The van der Waals surface area contributed by atoms with Gasteiger partial charge in [0.15, 0.2) is 0 Å². The fraction of sp³-hybridized carbons (Fsp3) is 0.412. The minimum atomic E-state index is -0.868. The standard InChI is InChI=1S/C17H22N4O3/c1-12(20-23-5)13-6-8-14(9-7-13)24-16(15(22)17(2,3)4)21-11-18-10-19-21/h6-11,16H,1-5H3. The molecule has 2 aromatic rings. The number of rotatable bonds is 6. The summed E-state index contributed by atoms with van der Waals surface area (Å²) in [7, 11) is 1.50. The lowest BCUT2D eigenvalue weighted by Crippen LogP contribution is -2.34. The molecule has 0 radical (unpaired) electrons. The van der Waals surface area contributed by atoms with E-state index < -0.39 is 11.6 Å². The molecule has 0 aliphatic carbocycles. The van der Waals surface area contributed by atoms with Gasteiger partial charge in [-0.05, 0) is 36.8 Å². The van der Waals surface area contributed by atoms with E-state index in [9.17, 15) is 4.79 Å². The smallest absolute Gasteiger partial charge is 0.252 e. The van der Waals surface area contributed by atoms with E-state index in [-0.39, 0.29) is 5.78 Å². The van der Waals surface area contributed by atoms with Crippen molar-refractivity contribution >= 4 is 11.5 Å². The molecule has 1 aromatic carbocycles. The number of Topliss-reactive ketones (excluding diaryl/α,β-unsaturated/α-hetero) is 1. The lowest BCUT2D eigenvalue weighted by molar-refractivity contribution is -0.138. The molecule has 7 heteroatoms. The lowest BCUT2D eigenvalue weighted by Gasteiger charge is -2.25. The van der Waals surface area contributed by atoms with Crippen LogP contribution >= 0.6 is 0 Å². The number of oxime groups is 1. The average molecular weight is 330 g/mol. The third-order valence-corrected chi connectivity index (χ3v) is 3.39. The Hall–Kier alpha value is -2.70. The Morgan fingerprint density at radius 3 is 2.42 bits per heavy atom. The van der Waals surface area contributed by atoms with Crippen LogP contribution in [0.4, 0.5) is 0 Å². The molecule has 128 valence electrons. The topological polar surface area (TPSA) is 78.6 Å². The molecule has 0 aliphatic rings. The minimum absolute atomic E-state index is 0.0887. The van der Waals surface area contributed by atoms with Gasteiger partial charge >= 0.3 is 0 Å². The SMILES string of the molecule is CON=C(C)c1ccc(OC(C(=O)C(C)(C)C)n2cncn2)cc1. The zero-order valence-electron chi connectivity index (χ0n) is 14.6. The van der Waals surface area contributed by atoms with Crippen molar-refractivity contribution in [3.63, 3.8) is 0 Å². The number of benzene rings is 1. The van der Waals surface area contributed by atoms with Gasteiger partial charge in [0.2, 0.25) is 5.78 Å². The van der Waals surface area contributed by atoms with Gasteiger partial charge in [0.1, 0.15) is 25.5 Å². The fourth-order valence-corrected chi connectivity index (χ4v) is 2.03. The molecule has 1 unspecified atom stereocenters. The summed E-state index contributed by atoms with van der Waals surface area (Å²) in [6, 6.07) is 7.27. The third kappa shape index (κ3) is 4.18. The van der Waals surface area contributed by atoms with Crippen molar-refractivity contribution in [3.05, 3.63) is 42.5 Å². The molecule has 0 spiro atoms. The molecule has 1 aromatic heterocycles. The molecule has 1 heterocycles. The largest absolute Gasteiger partial charge is 0.461 e. The molecule has 0 aliphatic heterocycles. The quantitative estimate of drug-likeness (QED) is 0.601. The summed E-state index contributed by atoms with van der Waals surface area (Å²) < 4.78 is 7.30. The van der Waals surface area contributed by atoms with E-state index in [0.717, 1.165) is 11.3 Å². The Balaban J connectivity index is 2.24. The highest BCUT2D eigenvalue weighted by Gasteiger charge is 2.33. The van der Waals surface area contributed by atoms with Crippen molar-refractivity contribution in [2.24, 2.45) is 10.6 Å². The summed E-state index contributed by atoms with van der Waals surface area (Å²) in [4.78, 5) is 21.3. The van der Waals surface area contributed by atoms with Crippen molar-refractivity contribution in [3.8, 4) is 5.75 Å². The highest BCUT2D eigenvalue weighted by Crippen LogP contribution is 2.26. The van der Waals surface area contributed by atoms with Gasteiger partial charge in [-0.15, -0.1) is 0 Å². The molecular weight excluding hydrogens is 308 g/mol. The summed E-state index contributed by atoms with van der Waals surface area (Å²) in [6.45, 7) is 7.38. The average Bonchev–Trinajstić information content (AvgIpc) is 3.06. The first-order valence-electron chi connectivity index (χ1n) is 7.56. The van der Waals surface area contributed by atoms with Gasteiger partial charge in [-0.3, -0.25) is 4.79 Å². The van der Waals surface area contributed by atoms with E-state index >= 15 is 0 Å². The third-order valence-electron chi connectivity index (χ3n) is 3.39. The molecule has 0 saturated heterocycles. The summed E-state index contributed by atoms with van der Waals surface area (Å²) >= 11 is 0. The van der Waals surface area contributed by atoms with Crippen LogP contribution in [-0.4, -0.2) is 33.4 Å². The Morgan fingerprint density at radius 2 is 1.92 bits per heavy atom. The van der Waals surface area contributed by atoms with Crippen molar-refractivity contribution in [1.82, 2.24) is 14.8 Å². The molecule has 0 saturated carbocycles. The zero-order chi connectivity index (χ0) is 17.7. The van der Waals surface area contributed by atoms with Gasteiger partial charge in [-0.2, -0.15) is 5.10 Å². The molecule has 0 N–H and O–H groups in total. The fourth-order valence-electron chi connectivity index (χ4n) is 2.03. The Bertz CT molecular complexity index is 700. The minimum Gasteiger partial charge on any atom is -0.461 e. The van der Waals surface area contributed by atoms with E-state index in [1.165, 1.54) is 24.4 Å². The van der Waals surface area contributed by atoms with Gasteiger partial charge in [0, 0.05) is 5.41 Å². The second-order valence-corrected chi connectivity index (χ2v) is 6.34. The van der Waals surface area contributed by atoms with Crippen LogP contribution in [0.2, 0.25) is 0 Å². The first kappa shape index (κ1) is 17.7. The van der Waals surface area contributed by atoms with Gasteiger partial charge < -0.3 is 9.57 Å². The summed E-state index contributed by atoms with van der Waals surface area (Å²) in [5.74, 6) is 0.469. The van der Waals surface area contributed by atoms with Crippen LogP contribution in [0.25, 0.3) is 0 Å². The van der Waals surface area contributed by atoms with Gasteiger partial charge in [0.05, 0.1) is 5.71 Å². The normalized spacial score (nSPS) is 13.5. The number of ether oxygens (including phenoxy) is 1. The van der Waals surface area contributed by atoms with Crippen molar-refractivity contribution in [2.45, 2.75) is 33.9 Å². The maximum Gasteiger partial charge on any atom is 0.252 e. The predicted molar refractivity (Wildman–Crippen MR) is 89.8 cm³/mol. The second-order valence-electron chi connectivity index (χ2n) is 6.34. The number of nitrogens with zero attached hydrogens (tertiary/aromatic N) is 4. The van der Waals surface area contributed by atoms with Crippen LogP contribution in [0.5, 0.6) is 5.75 Å².